The molecule has 0 fully saturated rings. The molecule has 1 aliphatic heterocycles. The Morgan fingerprint density at radius 2 is 2.33 bits per heavy atom. The quantitative estimate of drug-likeness (QED) is 0.552. The van der Waals surface area contributed by atoms with Gasteiger partial charge in [0.05, 0.1) is 17.4 Å². The van der Waals surface area contributed by atoms with Crippen LogP contribution in [0.25, 0.3) is 0 Å². The van der Waals surface area contributed by atoms with Gasteiger partial charge in [-0.3, -0.25) is 4.99 Å². The molecule has 0 aliphatic carbocycles. The van der Waals surface area contributed by atoms with Crippen molar-refractivity contribution in [2.45, 2.75) is 19.9 Å². The zero-order valence-electron chi connectivity index (χ0n) is 7.23. The molecule has 0 N–H and O–H groups in total. The minimum Gasteiger partial charge on any atom is -0.279 e. The third-order valence-electron chi connectivity index (χ3n) is 1.90. The Morgan fingerprint density at radius 3 is 3.17 bits per heavy atom. The zero-order chi connectivity index (χ0) is 8.55. The van der Waals surface area contributed by atoms with Crippen molar-refractivity contribution in [2.75, 3.05) is 0 Å². The van der Waals surface area contributed by atoms with Gasteiger partial charge in [0.15, 0.2) is 0 Å². The molecule has 1 atom stereocenters. The molecule has 3 nitrogen and oxygen atoms in total. The van der Waals surface area contributed by atoms with E-state index in [-0.39, 0.29) is 6.04 Å². The second kappa shape index (κ2) is 2.59. The van der Waals surface area contributed by atoms with Crippen LogP contribution in [0, 0.1) is 0 Å². The van der Waals surface area contributed by atoms with E-state index in [0.29, 0.717) is 0 Å². The van der Waals surface area contributed by atoms with Crippen molar-refractivity contribution in [3.63, 3.8) is 0 Å². The topological polar surface area (TPSA) is 29.6 Å². The van der Waals surface area contributed by atoms with E-state index in [0.717, 1.165) is 11.4 Å². The molecule has 1 aromatic rings. The SMILES string of the molecule is CC1=NC(C)C=Nn2cccc21. The fourth-order valence-corrected chi connectivity index (χ4v) is 1.33. The van der Waals surface area contributed by atoms with Crippen molar-refractivity contribution >= 4 is 11.9 Å². The van der Waals surface area contributed by atoms with Gasteiger partial charge in [-0.25, -0.2) is 4.68 Å². The monoisotopic (exact) mass is 161 g/mol. The van der Waals surface area contributed by atoms with Gasteiger partial charge >= 0.3 is 0 Å². The third-order valence-corrected chi connectivity index (χ3v) is 1.90. The number of rotatable bonds is 0. The average molecular weight is 161 g/mol. The minimum atomic E-state index is 0.185. The molecule has 12 heavy (non-hydrogen) atoms. The van der Waals surface area contributed by atoms with Gasteiger partial charge in [0.2, 0.25) is 0 Å². The maximum absolute atomic E-state index is 4.44. The van der Waals surface area contributed by atoms with Crippen molar-refractivity contribution in [2.24, 2.45) is 10.1 Å². The van der Waals surface area contributed by atoms with Crippen LogP contribution >= 0.6 is 0 Å². The molecular weight excluding hydrogens is 150 g/mol. The van der Waals surface area contributed by atoms with Gasteiger partial charge in [-0.1, -0.05) is 0 Å². The fourth-order valence-electron chi connectivity index (χ4n) is 1.33. The normalized spacial score (nSPS) is 21.5. The first kappa shape index (κ1) is 7.28. The molecule has 1 aliphatic rings. The Morgan fingerprint density at radius 1 is 1.50 bits per heavy atom. The van der Waals surface area contributed by atoms with Crippen LogP contribution in [-0.4, -0.2) is 22.6 Å². The summed E-state index contributed by atoms with van der Waals surface area (Å²) in [6.07, 6.45) is 3.78. The smallest absolute Gasteiger partial charge is 0.0853 e. The van der Waals surface area contributed by atoms with Gasteiger partial charge in [-0.2, -0.15) is 5.10 Å². The van der Waals surface area contributed by atoms with Crippen LogP contribution in [0.5, 0.6) is 0 Å². The minimum absolute atomic E-state index is 0.185. The van der Waals surface area contributed by atoms with Gasteiger partial charge in [-0.15, -0.1) is 0 Å². The number of fused-ring (bicyclic) bond motifs is 1. The standard InChI is InChI=1S/C9H11N3/c1-7-6-10-12-5-3-4-9(12)8(2)11-7/h3-7H,1-2H3. The summed E-state index contributed by atoms with van der Waals surface area (Å²) in [6, 6.07) is 4.18. The highest BCUT2D eigenvalue weighted by Crippen LogP contribution is 2.07. The zero-order valence-corrected chi connectivity index (χ0v) is 7.23. The number of aromatic nitrogens is 1. The lowest BCUT2D eigenvalue weighted by atomic mass is 10.3. The third kappa shape index (κ3) is 1.07. The van der Waals surface area contributed by atoms with Crippen LogP contribution in [0.2, 0.25) is 0 Å². The molecule has 1 aromatic heterocycles. The maximum atomic E-state index is 4.44. The van der Waals surface area contributed by atoms with Crippen LogP contribution in [0.3, 0.4) is 0 Å². The molecule has 0 spiro atoms. The lowest BCUT2D eigenvalue weighted by Gasteiger charge is -1.98. The van der Waals surface area contributed by atoms with Crippen LogP contribution in [-0.2, 0) is 0 Å². The fraction of sp³-hybridized carbons (Fsp3) is 0.333. The maximum Gasteiger partial charge on any atom is 0.0853 e. The summed E-state index contributed by atoms with van der Waals surface area (Å²) in [5.41, 5.74) is 2.13. The highest BCUT2D eigenvalue weighted by atomic mass is 15.3. The van der Waals surface area contributed by atoms with Crippen LogP contribution in [0.15, 0.2) is 28.4 Å². The number of aliphatic imine (C=N–C) groups is 1. The van der Waals surface area contributed by atoms with E-state index in [1.807, 2.05) is 43.1 Å². The van der Waals surface area contributed by atoms with Crippen molar-refractivity contribution in [1.82, 2.24) is 4.68 Å². The van der Waals surface area contributed by atoms with Gasteiger partial charge in [0, 0.05) is 12.4 Å². The Bertz CT molecular complexity index is 346. The molecule has 0 bridgehead atoms. The van der Waals surface area contributed by atoms with E-state index in [1.165, 1.54) is 0 Å². The number of hydrogen-bond donors (Lipinski definition) is 0. The molecule has 1 unspecified atom stereocenters. The summed E-state index contributed by atoms with van der Waals surface area (Å²) in [4.78, 5) is 4.44. The predicted molar refractivity (Wildman–Crippen MR) is 50.0 cm³/mol. The molecule has 0 radical (unpaired) electrons. The molecule has 2 rings (SSSR count). The predicted octanol–water partition coefficient (Wildman–Crippen LogP) is 1.53. The van der Waals surface area contributed by atoms with Gasteiger partial charge in [0.25, 0.3) is 0 Å². The summed E-state index contributed by atoms with van der Waals surface area (Å²) in [6.45, 7) is 4.04. The second-order valence-corrected chi connectivity index (χ2v) is 2.96. The van der Waals surface area contributed by atoms with E-state index in [1.54, 1.807) is 0 Å². The molecular formula is C9H11N3. The first-order valence-corrected chi connectivity index (χ1v) is 4.04. The summed E-state index contributed by atoms with van der Waals surface area (Å²) in [5, 5.41) is 4.26. The molecule has 3 heteroatoms. The van der Waals surface area contributed by atoms with Gasteiger partial charge < -0.3 is 0 Å². The number of nitrogens with zero attached hydrogens (tertiary/aromatic N) is 3. The van der Waals surface area contributed by atoms with Crippen LogP contribution < -0.4 is 0 Å². The van der Waals surface area contributed by atoms with Gasteiger partial charge in [0.1, 0.15) is 0 Å². The van der Waals surface area contributed by atoms with Crippen molar-refractivity contribution in [1.29, 1.82) is 0 Å². The summed E-state index contributed by atoms with van der Waals surface area (Å²) < 4.78 is 1.85. The van der Waals surface area contributed by atoms with E-state index in [4.69, 9.17) is 0 Å². The summed E-state index contributed by atoms with van der Waals surface area (Å²) in [5.74, 6) is 0. The van der Waals surface area contributed by atoms with Crippen LogP contribution in [0.1, 0.15) is 19.5 Å². The molecule has 0 saturated carbocycles. The summed E-state index contributed by atoms with van der Waals surface area (Å²) in [7, 11) is 0. The molecule has 2 heterocycles. The second-order valence-electron chi connectivity index (χ2n) is 2.96. The molecule has 0 aromatic carbocycles. The van der Waals surface area contributed by atoms with Crippen molar-refractivity contribution in [3.8, 4) is 0 Å². The Kier molecular flexibility index (Phi) is 1.57. The molecule has 62 valence electrons. The lowest BCUT2D eigenvalue weighted by Crippen LogP contribution is -2.02. The Labute approximate surface area is 71.4 Å². The average Bonchev–Trinajstić information content (AvgIpc) is 2.43. The molecule has 0 amide bonds. The first-order valence-electron chi connectivity index (χ1n) is 4.04. The Hall–Kier alpha value is -1.38. The van der Waals surface area contributed by atoms with E-state index < -0.39 is 0 Å². The summed E-state index contributed by atoms with van der Waals surface area (Å²) >= 11 is 0. The lowest BCUT2D eigenvalue weighted by molar-refractivity contribution is 0.878. The highest BCUT2D eigenvalue weighted by molar-refractivity contribution is 5.98. The van der Waals surface area contributed by atoms with Gasteiger partial charge in [-0.05, 0) is 26.0 Å². The van der Waals surface area contributed by atoms with Crippen molar-refractivity contribution < 1.29 is 0 Å². The number of hydrogen-bond acceptors (Lipinski definition) is 2. The van der Waals surface area contributed by atoms with Crippen LogP contribution in [0.4, 0.5) is 0 Å². The largest absolute Gasteiger partial charge is 0.279 e. The Balaban J connectivity index is 2.55. The van der Waals surface area contributed by atoms with E-state index >= 15 is 0 Å². The molecule has 0 saturated heterocycles. The highest BCUT2D eigenvalue weighted by Gasteiger charge is 2.07. The van der Waals surface area contributed by atoms with E-state index in [9.17, 15) is 0 Å². The van der Waals surface area contributed by atoms with Crippen molar-refractivity contribution in [3.05, 3.63) is 24.0 Å². The van der Waals surface area contributed by atoms with E-state index in [2.05, 4.69) is 10.1 Å². The first-order chi connectivity index (χ1) is 5.77.